The molecule has 0 aromatic heterocycles. The SMILES string of the molecule is CC1(C)CNCCC1N1CCCCC1. The van der Waals surface area contributed by atoms with Gasteiger partial charge in [-0.25, -0.2) is 0 Å². The average molecular weight is 196 g/mol. The van der Waals surface area contributed by atoms with E-state index in [2.05, 4.69) is 24.1 Å². The Morgan fingerprint density at radius 1 is 1.14 bits per heavy atom. The van der Waals surface area contributed by atoms with Crippen molar-refractivity contribution in [3.8, 4) is 0 Å². The maximum atomic E-state index is 3.52. The van der Waals surface area contributed by atoms with Crippen molar-refractivity contribution in [2.75, 3.05) is 26.2 Å². The minimum absolute atomic E-state index is 0.468. The van der Waals surface area contributed by atoms with Crippen molar-refractivity contribution < 1.29 is 0 Å². The Kier molecular flexibility index (Phi) is 3.13. The topological polar surface area (TPSA) is 15.3 Å². The zero-order chi connectivity index (χ0) is 10.0. The molecule has 2 fully saturated rings. The van der Waals surface area contributed by atoms with E-state index >= 15 is 0 Å². The Labute approximate surface area is 88.1 Å². The maximum absolute atomic E-state index is 3.52. The molecule has 0 spiro atoms. The van der Waals surface area contributed by atoms with Crippen LogP contribution in [-0.2, 0) is 0 Å². The summed E-state index contributed by atoms with van der Waals surface area (Å²) in [5, 5.41) is 3.52. The molecule has 0 aromatic rings. The van der Waals surface area contributed by atoms with E-state index < -0.39 is 0 Å². The van der Waals surface area contributed by atoms with Crippen LogP contribution in [0.1, 0.15) is 39.5 Å². The molecule has 14 heavy (non-hydrogen) atoms. The van der Waals surface area contributed by atoms with E-state index in [1.165, 1.54) is 51.9 Å². The molecule has 2 aliphatic heterocycles. The second-order valence-corrected chi connectivity index (χ2v) is 5.57. The number of piperidine rings is 2. The number of hydrogen-bond acceptors (Lipinski definition) is 2. The van der Waals surface area contributed by atoms with Crippen molar-refractivity contribution in [1.29, 1.82) is 0 Å². The van der Waals surface area contributed by atoms with Crippen molar-refractivity contribution in [2.45, 2.75) is 45.6 Å². The van der Waals surface area contributed by atoms with Gasteiger partial charge in [0.25, 0.3) is 0 Å². The van der Waals surface area contributed by atoms with Gasteiger partial charge in [0.2, 0.25) is 0 Å². The summed E-state index contributed by atoms with van der Waals surface area (Å²) in [6, 6.07) is 0.823. The Morgan fingerprint density at radius 3 is 2.50 bits per heavy atom. The van der Waals surface area contributed by atoms with E-state index in [9.17, 15) is 0 Å². The lowest BCUT2D eigenvalue weighted by Gasteiger charge is -2.47. The summed E-state index contributed by atoms with van der Waals surface area (Å²) < 4.78 is 0. The van der Waals surface area contributed by atoms with Gasteiger partial charge in [0.05, 0.1) is 0 Å². The highest BCUT2D eigenvalue weighted by Crippen LogP contribution is 2.31. The second kappa shape index (κ2) is 4.19. The van der Waals surface area contributed by atoms with Gasteiger partial charge in [-0.05, 0) is 44.3 Å². The van der Waals surface area contributed by atoms with Crippen molar-refractivity contribution in [3.63, 3.8) is 0 Å². The van der Waals surface area contributed by atoms with Crippen molar-refractivity contribution in [1.82, 2.24) is 10.2 Å². The third-order valence-electron chi connectivity index (χ3n) is 3.91. The largest absolute Gasteiger partial charge is 0.316 e. The molecule has 2 heteroatoms. The second-order valence-electron chi connectivity index (χ2n) is 5.57. The normalized spacial score (nSPS) is 34.3. The highest BCUT2D eigenvalue weighted by Gasteiger charge is 2.36. The molecule has 82 valence electrons. The Balaban J connectivity index is 1.99. The van der Waals surface area contributed by atoms with Gasteiger partial charge < -0.3 is 5.32 Å². The van der Waals surface area contributed by atoms with E-state index in [1.807, 2.05) is 0 Å². The van der Waals surface area contributed by atoms with Gasteiger partial charge in [0, 0.05) is 12.6 Å². The van der Waals surface area contributed by atoms with Gasteiger partial charge in [-0.2, -0.15) is 0 Å². The van der Waals surface area contributed by atoms with Crippen LogP contribution in [0, 0.1) is 5.41 Å². The molecule has 1 atom stereocenters. The van der Waals surface area contributed by atoms with E-state index in [0.717, 1.165) is 6.04 Å². The lowest BCUT2D eigenvalue weighted by Crippen LogP contribution is -2.55. The zero-order valence-corrected chi connectivity index (χ0v) is 9.68. The summed E-state index contributed by atoms with van der Waals surface area (Å²) in [6.07, 6.45) is 5.62. The van der Waals surface area contributed by atoms with Crippen LogP contribution in [0.3, 0.4) is 0 Å². The summed E-state index contributed by atoms with van der Waals surface area (Å²) in [5.74, 6) is 0. The first-order chi connectivity index (χ1) is 6.70. The highest BCUT2D eigenvalue weighted by molar-refractivity contribution is 4.92. The molecule has 0 aromatic carbocycles. The number of hydrogen-bond donors (Lipinski definition) is 1. The first kappa shape index (κ1) is 10.4. The molecule has 2 saturated heterocycles. The van der Waals surface area contributed by atoms with E-state index in [-0.39, 0.29) is 0 Å². The molecule has 2 nitrogen and oxygen atoms in total. The molecule has 1 N–H and O–H groups in total. The van der Waals surface area contributed by atoms with Crippen LogP contribution in [0.15, 0.2) is 0 Å². The first-order valence-corrected chi connectivity index (χ1v) is 6.15. The van der Waals surface area contributed by atoms with E-state index in [4.69, 9.17) is 0 Å². The van der Waals surface area contributed by atoms with Gasteiger partial charge in [-0.15, -0.1) is 0 Å². The first-order valence-electron chi connectivity index (χ1n) is 6.15. The van der Waals surface area contributed by atoms with Crippen LogP contribution in [-0.4, -0.2) is 37.1 Å². The summed E-state index contributed by atoms with van der Waals surface area (Å²) in [4.78, 5) is 2.74. The molecular weight excluding hydrogens is 172 g/mol. The Hall–Kier alpha value is -0.0800. The standard InChI is InChI=1S/C12H24N2/c1-12(2)10-13-7-6-11(12)14-8-4-3-5-9-14/h11,13H,3-10H2,1-2H3. The number of nitrogens with zero attached hydrogens (tertiary/aromatic N) is 1. The summed E-state index contributed by atoms with van der Waals surface area (Å²) in [6.45, 7) is 9.91. The fraction of sp³-hybridized carbons (Fsp3) is 1.00. The van der Waals surface area contributed by atoms with Crippen LogP contribution in [0.4, 0.5) is 0 Å². The Morgan fingerprint density at radius 2 is 1.86 bits per heavy atom. The van der Waals surface area contributed by atoms with Gasteiger partial charge in [-0.3, -0.25) is 4.90 Å². The van der Waals surface area contributed by atoms with Crippen LogP contribution in [0.5, 0.6) is 0 Å². The molecule has 1 unspecified atom stereocenters. The molecule has 2 rings (SSSR count). The Bertz CT molecular complexity index is 183. The molecule has 2 aliphatic rings. The molecule has 0 amide bonds. The molecule has 0 radical (unpaired) electrons. The van der Waals surface area contributed by atoms with Crippen LogP contribution in [0.25, 0.3) is 0 Å². The quantitative estimate of drug-likeness (QED) is 0.688. The number of nitrogens with one attached hydrogen (secondary N) is 1. The van der Waals surface area contributed by atoms with E-state index in [1.54, 1.807) is 0 Å². The van der Waals surface area contributed by atoms with Gasteiger partial charge in [0.1, 0.15) is 0 Å². The van der Waals surface area contributed by atoms with Crippen LogP contribution in [0.2, 0.25) is 0 Å². The van der Waals surface area contributed by atoms with Crippen molar-refractivity contribution in [2.24, 2.45) is 5.41 Å². The number of rotatable bonds is 1. The maximum Gasteiger partial charge on any atom is 0.0171 e. The molecular formula is C12H24N2. The molecule has 0 aliphatic carbocycles. The predicted molar refractivity (Wildman–Crippen MR) is 60.5 cm³/mol. The molecule has 0 bridgehead atoms. The third-order valence-corrected chi connectivity index (χ3v) is 3.91. The minimum Gasteiger partial charge on any atom is -0.316 e. The van der Waals surface area contributed by atoms with Gasteiger partial charge in [0.15, 0.2) is 0 Å². The van der Waals surface area contributed by atoms with E-state index in [0.29, 0.717) is 5.41 Å². The fourth-order valence-corrected chi connectivity index (χ4v) is 3.06. The highest BCUT2D eigenvalue weighted by atomic mass is 15.2. The minimum atomic E-state index is 0.468. The fourth-order valence-electron chi connectivity index (χ4n) is 3.06. The molecule has 0 saturated carbocycles. The summed E-state index contributed by atoms with van der Waals surface area (Å²) in [7, 11) is 0. The van der Waals surface area contributed by atoms with Gasteiger partial charge >= 0.3 is 0 Å². The summed E-state index contributed by atoms with van der Waals surface area (Å²) in [5.41, 5.74) is 0.468. The molecule has 2 heterocycles. The lowest BCUT2D eigenvalue weighted by atomic mass is 9.78. The van der Waals surface area contributed by atoms with Gasteiger partial charge in [-0.1, -0.05) is 20.3 Å². The van der Waals surface area contributed by atoms with Crippen LogP contribution >= 0.6 is 0 Å². The third kappa shape index (κ3) is 2.12. The zero-order valence-electron chi connectivity index (χ0n) is 9.68. The number of likely N-dealkylation sites (tertiary alicyclic amines) is 1. The smallest absolute Gasteiger partial charge is 0.0171 e. The lowest BCUT2D eigenvalue weighted by molar-refractivity contribution is 0.0457. The van der Waals surface area contributed by atoms with Crippen molar-refractivity contribution >= 4 is 0 Å². The average Bonchev–Trinajstić information content (AvgIpc) is 2.18. The predicted octanol–water partition coefficient (Wildman–Crippen LogP) is 1.86. The monoisotopic (exact) mass is 196 g/mol. The van der Waals surface area contributed by atoms with Crippen molar-refractivity contribution in [3.05, 3.63) is 0 Å². The van der Waals surface area contributed by atoms with Crippen LogP contribution < -0.4 is 5.32 Å². The summed E-state index contributed by atoms with van der Waals surface area (Å²) >= 11 is 0.